The van der Waals surface area contributed by atoms with Gasteiger partial charge in [0.1, 0.15) is 0 Å². The highest BCUT2D eigenvalue weighted by molar-refractivity contribution is 7.00. The Morgan fingerprint density at radius 3 is 1.45 bits per heavy atom. The minimum absolute atomic E-state index is 0.0522. The van der Waals surface area contributed by atoms with Crippen LogP contribution in [-0.2, 0) is 0 Å². The Hall–Kier alpha value is -8.60. The standard InChI is InChI=1S/C62H40BN3/c1-3-18-41(19-4-1)48-37-34-43-22-7-9-24-46(43)61(48)65-56-31-16-13-28-52(56)63-53-39-36-45(64-54-29-14-11-26-50(54)51-27-12-15-30-55(51)64)40-59(53)66(58-33-17-32-57(65)60(58)63)62-47-25-10-8-23-44(47)35-38-49(62)42-20-5-2-6-21-42/h1-40H/i7D,8D,9D,10D,22D,23D,24D,25D,34D,35D,37D,38D. The molecule has 0 saturated carbocycles. The van der Waals surface area contributed by atoms with E-state index in [1.807, 2.05) is 137 Å². The Balaban J connectivity index is 1.18. The van der Waals surface area contributed by atoms with Gasteiger partial charge in [0.25, 0.3) is 6.71 Å². The molecule has 14 rings (SSSR count). The van der Waals surface area contributed by atoms with E-state index in [4.69, 9.17) is 4.11 Å². The number of rotatable bonds is 5. The van der Waals surface area contributed by atoms with Crippen molar-refractivity contribution in [3.63, 3.8) is 0 Å². The number of para-hydroxylation sites is 3. The van der Waals surface area contributed by atoms with Gasteiger partial charge in [0.2, 0.25) is 0 Å². The van der Waals surface area contributed by atoms with E-state index in [0.29, 0.717) is 33.9 Å². The second-order valence-electron chi connectivity index (χ2n) is 16.7. The summed E-state index contributed by atoms with van der Waals surface area (Å²) in [4.78, 5) is 3.94. The molecule has 3 heterocycles. The highest BCUT2D eigenvalue weighted by Crippen LogP contribution is 2.51. The summed E-state index contributed by atoms with van der Waals surface area (Å²) in [5, 5.41) is 2.02. The molecule has 66 heavy (non-hydrogen) atoms. The van der Waals surface area contributed by atoms with Gasteiger partial charge in [-0.2, -0.15) is 0 Å². The molecule has 0 N–H and O–H groups in total. The van der Waals surface area contributed by atoms with Crippen molar-refractivity contribution in [2.24, 2.45) is 0 Å². The number of hydrogen-bond donors (Lipinski definition) is 0. The summed E-state index contributed by atoms with van der Waals surface area (Å²) in [6.07, 6.45) is 0. The smallest absolute Gasteiger partial charge is 0.252 e. The Morgan fingerprint density at radius 1 is 0.364 bits per heavy atom. The average molecular weight is 850 g/mol. The molecule has 306 valence electrons. The van der Waals surface area contributed by atoms with Gasteiger partial charge >= 0.3 is 0 Å². The topological polar surface area (TPSA) is 11.4 Å². The second kappa shape index (κ2) is 14.5. The molecule has 3 nitrogen and oxygen atoms in total. The molecule has 0 spiro atoms. The van der Waals surface area contributed by atoms with Gasteiger partial charge < -0.3 is 14.4 Å². The predicted octanol–water partition coefficient (Wildman–Crippen LogP) is 14.5. The molecule has 12 aromatic rings. The first-order valence-electron chi connectivity index (χ1n) is 27.9. The first-order chi connectivity index (χ1) is 37.8. The highest BCUT2D eigenvalue weighted by atomic mass is 15.2. The lowest BCUT2D eigenvalue weighted by Crippen LogP contribution is -2.61. The lowest BCUT2D eigenvalue weighted by molar-refractivity contribution is 1.17. The maximum Gasteiger partial charge on any atom is 0.252 e. The molecule has 0 aliphatic carbocycles. The van der Waals surface area contributed by atoms with Crippen molar-refractivity contribution in [3.05, 3.63) is 242 Å². The van der Waals surface area contributed by atoms with Gasteiger partial charge in [-0.3, -0.25) is 0 Å². The number of aromatic nitrogens is 1. The minimum atomic E-state index is -0.542. The van der Waals surface area contributed by atoms with Crippen molar-refractivity contribution in [1.82, 2.24) is 4.57 Å². The van der Waals surface area contributed by atoms with Gasteiger partial charge in [0, 0.05) is 61.1 Å². The van der Waals surface area contributed by atoms with Crippen LogP contribution in [-0.4, -0.2) is 11.3 Å². The number of hydrogen-bond acceptors (Lipinski definition) is 2. The summed E-state index contributed by atoms with van der Waals surface area (Å²) in [5.74, 6) is 0. The summed E-state index contributed by atoms with van der Waals surface area (Å²) in [6, 6.07) is 49.8. The van der Waals surface area contributed by atoms with Gasteiger partial charge in [-0.15, -0.1) is 0 Å². The van der Waals surface area contributed by atoms with Crippen LogP contribution in [0.2, 0.25) is 0 Å². The molecule has 1 aromatic heterocycles. The fraction of sp³-hybridized carbons (Fsp3) is 0. The number of anilines is 6. The Kier molecular flexibility index (Phi) is 5.89. The first kappa shape index (κ1) is 26.9. The van der Waals surface area contributed by atoms with Gasteiger partial charge in [-0.1, -0.05) is 200 Å². The Labute approximate surface area is 400 Å². The zero-order valence-electron chi connectivity index (χ0n) is 47.1. The van der Waals surface area contributed by atoms with Crippen LogP contribution in [0.5, 0.6) is 0 Å². The maximum atomic E-state index is 9.96. The lowest BCUT2D eigenvalue weighted by Gasteiger charge is -2.45. The van der Waals surface area contributed by atoms with Crippen LogP contribution < -0.4 is 26.2 Å². The SMILES string of the molecule is [2H]c1c([2H])c([2H])c2c(N3c4ccccc4B4c5ccc(-n6c7ccccc7c7ccccc76)cc5N(c5c(-c6ccccc6)c([2H])c([2H])c6c([2H])c([2H])c([2H])c([2H])c56)c5cccc3c54)c(-c3ccccc3)c([2H])c([2H])c2c1[2H]. The summed E-state index contributed by atoms with van der Waals surface area (Å²) < 4.78 is 115. The molecule has 4 heteroatoms. The average Bonchev–Trinajstić information content (AvgIpc) is 2.86. The Morgan fingerprint density at radius 2 is 0.848 bits per heavy atom. The van der Waals surface area contributed by atoms with Crippen LogP contribution in [0.25, 0.3) is 71.3 Å². The van der Waals surface area contributed by atoms with E-state index in [2.05, 4.69) is 47.0 Å². The molecule has 0 saturated heterocycles. The molecule has 0 amide bonds. The number of fused-ring (bicyclic) bond motifs is 9. The van der Waals surface area contributed by atoms with Gasteiger partial charge in [-0.05, 0) is 80.8 Å². The van der Waals surface area contributed by atoms with Crippen molar-refractivity contribution in [3.8, 4) is 27.9 Å². The van der Waals surface area contributed by atoms with Gasteiger partial charge in [0.15, 0.2) is 0 Å². The van der Waals surface area contributed by atoms with E-state index >= 15 is 0 Å². The van der Waals surface area contributed by atoms with Crippen LogP contribution in [0.4, 0.5) is 34.1 Å². The number of nitrogens with zero attached hydrogens (tertiary/aromatic N) is 3. The first-order valence-corrected chi connectivity index (χ1v) is 21.9. The van der Waals surface area contributed by atoms with E-state index in [9.17, 15) is 12.3 Å². The third-order valence-corrected chi connectivity index (χ3v) is 13.2. The minimum Gasteiger partial charge on any atom is -0.310 e. The molecule has 0 radical (unpaired) electrons. The van der Waals surface area contributed by atoms with Crippen LogP contribution in [0.3, 0.4) is 0 Å². The quantitative estimate of drug-likeness (QED) is 0.160. The molecule has 0 fully saturated rings. The molecule has 2 aliphatic heterocycles. The van der Waals surface area contributed by atoms with Crippen LogP contribution in [0.15, 0.2) is 242 Å². The van der Waals surface area contributed by atoms with Crippen molar-refractivity contribution in [1.29, 1.82) is 0 Å². The molecule has 2 aliphatic rings. The zero-order chi connectivity index (χ0) is 53.7. The largest absolute Gasteiger partial charge is 0.310 e. The molecule has 0 atom stereocenters. The van der Waals surface area contributed by atoms with Crippen molar-refractivity contribution < 1.29 is 16.4 Å². The third kappa shape index (κ3) is 5.33. The lowest BCUT2D eigenvalue weighted by atomic mass is 9.33. The van der Waals surface area contributed by atoms with Crippen LogP contribution >= 0.6 is 0 Å². The summed E-state index contributed by atoms with van der Waals surface area (Å²) >= 11 is 0. The van der Waals surface area contributed by atoms with Gasteiger partial charge in [0.05, 0.1) is 38.9 Å². The van der Waals surface area contributed by atoms with E-state index in [-0.39, 0.29) is 80.3 Å². The number of benzene rings is 11. The zero-order valence-corrected chi connectivity index (χ0v) is 35.1. The molecule has 0 bridgehead atoms. The fourth-order valence-corrected chi connectivity index (χ4v) is 10.6. The second-order valence-corrected chi connectivity index (χ2v) is 16.7. The summed E-state index contributed by atoms with van der Waals surface area (Å²) in [6.45, 7) is -0.542. The van der Waals surface area contributed by atoms with Crippen molar-refractivity contribution in [2.45, 2.75) is 0 Å². The highest BCUT2D eigenvalue weighted by Gasteiger charge is 2.44. The van der Waals surface area contributed by atoms with E-state index in [0.717, 1.165) is 43.9 Å². The predicted molar refractivity (Wildman–Crippen MR) is 281 cm³/mol. The summed E-state index contributed by atoms with van der Waals surface area (Å²) in [5.41, 5.74) is 9.72. The third-order valence-electron chi connectivity index (χ3n) is 13.2. The Bertz CT molecular complexity index is 4570. The normalized spacial score (nSPS) is 15.3. The van der Waals surface area contributed by atoms with Crippen LogP contribution in [0, 0.1) is 0 Å². The van der Waals surface area contributed by atoms with Gasteiger partial charge in [-0.25, -0.2) is 0 Å². The molecule has 0 unspecified atom stereocenters. The molecule has 11 aromatic carbocycles. The fourth-order valence-electron chi connectivity index (χ4n) is 10.6. The maximum absolute atomic E-state index is 9.96. The van der Waals surface area contributed by atoms with E-state index in [1.165, 1.54) is 0 Å². The monoisotopic (exact) mass is 849 g/mol. The van der Waals surface area contributed by atoms with E-state index in [1.54, 1.807) is 0 Å². The molecular formula is C62H40BN3. The van der Waals surface area contributed by atoms with Crippen LogP contribution in [0.1, 0.15) is 16.4 Å². The molecular weight excluding hydrogens is 798 g/mol. The van der Waals surface area contributed by atoms with Crippen molar-refractivity contribution in [2.75, 3.05) is 9.80 Å². The van der Waals surface area contributed by atoms with E-state index < -0.39 is 43.0 Å². The van der Waals surface area contributed by atoms with Crippen molar-refractivity contribution >= 4 is 101 Å². The summed E-state index contributed by atoms with van der Waals surface area (Å²) in [7, 11) is 0.